The summed E-state index contributed by atoms with van der Waals surface area (Å²) in [4.78, 5) is 4.62. The number of pyridine rings is 1. The minimum Gasteiger partial charge on any atom is -0.256 e. The van der Waals surface area contributed by atoms with E-state index in [0.29, 0.717) is 0 Å². The van der Waals surface area contributed by atoms with Gasteiger partial charge in [0.1, 0.15) is 0 Å². The van der Waals surface area contributed by atoms with Gasteiger partial charge < -0.3 is 0 Å². The molecule has 0 unspecified atom stereocenters. The molecule has 1 heterocycles. The van der Waals surface area contributed by atoms with Crippen molar-refractivity contribution >= 4 is 34.9 Å². The Balaban J connectivity index is 1.33. The van der Waals surface area contributed by atoms with Crippen LogP contribution in [0.2, 0.25) is 19.6 Å². The fraction of sp³-hybridized carbons (Fsp3) is 0.0882. The molecular formula is C34H29NSi. The normalized spacial score (nSPS) is 11.8. The highest BCUT2D eigenvalue weighted by Crippen LogP contribution is 2.32. The summed E-state index contributed by atoms with van der Waals surface area (Å²) in [6, 6.07) is 42.1. The van der Waals surface area contributed by atoms with Gasteiger partial charge in [-0.2, -0.15) is 0 Å². The van der Waals surface area contributed by atoms with Crippen LogP contribution in [0.1, 0.15) is 0 Å². The molecule has 5 aromatic carbocycles. The monoisotopic (exact) mass is 479 g/mol. The second-order valence-electron chi connectivity index (χ2n) is 10.6. The maximum atomic E-state index is 4.62. The molecule has 0 amide bonds. The maximum absolute atomic E-state index is 4.62. The van der Waals surface area contributed by atoms with Gasteiger partial charge in [0, 0.05) is 17.1 Å². The molecule has 1 nitrogen and oxygen atoms in total. The molecule has 2 heteroatoms. The maximum Gasteiger partial charge on any atom is 0.0780 e. The largest absolute Gasteiger partial charge is 0.256 e. The minimum atomic E-state index is -1.29. The number of hydrogen-bond donors (Lipinski definition) is 0. The fourth-order valence-corrected chi connectivity index (χ4v) is 6.11. The van der Waals surface area contributed by atoms with Crippen molar-refractivity contribution < 1.29 is 0 Å². The molecular weight excluding hydrogens is 450 g/mol. The van der Waals surface area contributed by atoms with Crippen LogP contribution in [0.5, 0.6) is 0 Å². The molecule has 36 heavy (non-hydrogen) atoms. The molecule has 0 aliphatic heterocycles. The van der Waals surface area contributed by atoms with E-state index in [9.17, 15) is 0 Å². The Morgan fingerprint density at radius 2 is 1.03 bits per heavy atom. The van der Waals surface area contributed by atoms with Crippen molar-refractivity contribution in [3.05, 3.63) is 121 Å². The summed E-state index contributed by atoms with van der Waals surface area (Å²) in [5, 5.41) is 5.19. The standard InChI is InChI=1S/C34H29NSi/c1-36(2,3)32-19-17-25(18-20-32)30-16-12-26-11-15-29(22-31(26)23-30)24-9-13-27(14-10-24)33-8-4-6-28-7-5-21-35-34(28)33/h4-23H,1-3H3. The molecule has 0 aliphatic carbocycles. The average molecular weight is 480 g/mol. The number of nitrogens with zero attached hydrogens (tertiary/aromatic N) is 1. The molecule has 0 atom stereocenters. The van der Waals surface area contributed by atoms with Crippen LogP contribution in [0.4, 0.5) is 0 Å². The van der Waals surface area contributed by atoms with Crippen molar-refractivity contribution in [3.63, 3.8) is 0 Å². The quantitative estimate of drug-likeness (QED) is 0.230. The molecule has 0 bridgehead atoms. The van der Waals surface area contributed by atoms with E-state index < -0.39 is 8.07 Å². The molecule has 6 rings (SSSR count). The van der Waals surface area contributed by atoms with E-state index in [0.717, 1.165) is 5.52 Å². The second kappa shape index (κ2) is 8.89. The zero-order valence-electron chi connectivity index (χ0n) is 21.0. The van der Waals surface area contributed by atoms with E-state index in [1.54, 1.807) is 0 Å². The molecule has 0 aliphatic rings. The van der Waals surface area contributed by atoms with Crippen LogP contribution in [-0.4, -0.2) is 13.1 Å². The van der Waals surface area contributed by atoms with Gasteiger partial charge in [-0.1, -0.05) is 122 Å². The van der Waals surface area contributed by atoms with E-state index >= 15 is 0 Å². The summed E-state index contributed by atoms with van der Waals surface area (Å²) in [6.45, 7) is 7.18. The summed E-state index contributed by atoms with van der Waals surface area (Å²) in [7, 11) is -1.29. The lowest BCUT2D eigenvalue weighted by Gasteiger charge is -2.17. The summed E-state index contributed by atoms with van der Waals surface area (Å²) in [5.41, 5.74) is 8.40. The van der Waals surface area contributed by atoms with Crippen LogP contribution < -0.4 is 5.19 Å². The minimum absolute atomic E-state index is 1.05. The third-order valence-electron chi connectivity index (χ3n) is 7.09. The lowest BCUT2D eigenvalue weighted by Crippen LogP contribution is -2.37. The van der Waals surface area contributed by atoms with Crippen molar-refractivity contribution in [2.24, 2.45) is 0 Å². The molecule has 6 aromatic rings. The van der Waals surface area contributed by atoms with Gasteiger partial charge in [0.15, 0.2) is 0 Å². The highest BCUT2D eigenvalue weighted by molar-refractivity contribution is 6.88. The smallest absolute Gasteiger partial charge is 0.0780 e. The van der Waals surface area contributed by atoms with Gasteiger partial charge >= 0.3 is 0 Å². The third kappa shape index (κ3) is 4.25. The first-order valence-electron chi connectivity index (χ1n) is 12.5. The molecule has 0 saturated heterocycles. The van der Waals surface area contributed by atoms with Crippen LogP contribution in [0.3, 0.4) is 0 Å². The second-order valence-corrected chi connectivity index (χ2v) is 15.6. The molecule has 0 saturated carbocycles. The lowest BCUT2D eigenvalue weighted by atomic mass is 9.96. The van der Waals surface area contributed by atoms with Gasteiger partial charge in [0.05, 0.1) is 13.6 Å². The van der Waals surface area contributed by atoms with E-state index in [1.165, 1.54) is 54.7 Å². The predicted octanol–water partition coefficient (Wildman–Crippen LogP) is 8.93. The first-order valence-corrected chi connectivity index (χ1v) is 16.0. The zero-order chi connectivity index (χ0) is 24.7. The van der Waals surface area contributed by atoms with Gasteiger partial charge in [-0.3, -0.25) is 4.98 Å². The molecule has 1 aromatic heterocycles. The van der Waals surface area contributed by atoms with Crippen molar-refractivity contribution in [2.75, 3.05) is 0 Å². The van der Waals surface area contributed by atoms with Crippen molar-refractivity contribution in [2.45, 2.75) is 19.6 Å². The summed E-state index contributed by atoms with van der Waals surface area (Å²) in [5.74, 6) is 0. The Morgan fingerprint density at radius 1 is 0.472 bits per heavy atom. The molecule has 0 fully saturated rings. The Bertz CT molecular complexity index is 1690. The van der Waals surface area contributed by atoms with Gasteiger partial charge in [-0.05, 0) is 56.8 Å². The van der Waals surface area contributed by atoms with Gasteiger partial charge in [-0.25, -0.2) is 0 Å². The van der Waals surface area contributed by atoms with E-state index in [2.05, 4.69) is 134 Å². The molecule has 0 spiro atoms. The summed E-state index contributed by atoms with van der Waals surface area (Å²) in [6.07, 6.45) is 1.87. The number of aromatic nitrogens is 1. The summed E-state index contributed by atoms with van der Waals surface area (Å²) >= 11 is 0. The van der Waals surface area contributed by atoms with Crippen LogP contribution >= 0.6 is 0 Å². The van der Waals surface area contributed by atoms with Crippen molar-refractivity contribution in [1.82, 2.24) is 4.98 Å². The number of fused-ring (bicyclic) bond motifs is 2. The van der Waals surface area contributed by atoms with Crippen LogP contribution in [0, 0.1) is 0 Å². The topological polar surface area (TPSA) is 12.9 Å². The highest BCUT2D eigenvalue weighted by Gasteiger charge is 2.15. The van der Waals surface area contributed by atoms with Crippen LogP contribution in [0.15, 0.2) is 121 Å². The lowest BCUT2D eigenvalue weighted by molar-refractivity contribution is 1.41. The first-order chi connectivity index (χ1) is 17.5. The van der Waals surface area contributed by atoms with Gasteiger partial charge in [0.25, 0.3) is 0 Å². The van der Waals surface area contributed by atoms with Gasteiger partial charge in [0.2, 0.25) is 0 Å². The summed E-state index contributed by atoms with van der Waals surface area (Å²) < 4.78 is 0. The van der Waals surface area contributed by atoms with E-state index in [-0.39, 0.29) is 0 Å². The number of hydrogen-bond acceptors (Lipinski definition) is 1. The first kappa shape index (κ1) is 22.5. The third-order valence-corrected chi connectivity index (χ3v) is 9.15. The van der Waals surface area contributed by atoms with E-state index in [1.807, 2.05) is 12.3 Å². The number of benzene rings is 5. The number of rotatable bonds is 4. The van der Waals surface area contributed by atoms with Crippen LogP contribution in [0.25, 0.3) is 55.1 Å². The van der Waals surface area contributed by atoms with Gasteiger partial charge in [-0.15, -0.1) is 0 Å². The zero-order valence-corrected chi connectivity index (χ0v) is 22.0. The predicted molar refractivity (Wildman–Crippen MR) is 159 cm³/mol. The Kier molecular flexibility index (Phi) is 5.54. The average Bonchev–Trinajstić information content (AvgIpc) is 2.92. The Hall–Kier alpha value is -4.01. The highest BCUT2D eigenvalue weighted by atomic mass is 28.3. The SMILES string of the molecule is C[Si](C)(C)c1ccc(-c2ccc3ccc(-c4ccc(-c5cccc6cccnc56)cc4)cc3c2)cc1. The number of para-hydroxylation sites is 1. The molecule has 174 valence electrons. The fourth-order valence-electron chi connectivity index (χ4n) is 4.95. The van der Waals surface area contributed by atoms with Crippen molar-refractivity contribution in [1.29, 1.82) is 0 Å². The Morgan fingerprint density at radius 3 is 1.67 bits per heavy atom. The van der Waals surface area contributed by atoms with Crippen LogP contribution in [-0.2, 0) is 0 Å². The van der Waals surface area contributed by atoms with Crippen molar-refractivity contribution in [3.8, 4) is 33.4 Å². The Labute approximate surface area is 214 Å². The molecule has 0 N–H and O–H groups in total. The van der Waals surface area contributed by atoms with E-state index in [4.69, 9.17) is 0 Å². The molecule has 0 radical (unpaired) electrons.